The molecule has 0 saturated heterocycles. The molecular formula is C30H36FNO. The Balaban J connectivity index is 1.55. The maximum absolute atomic E-state index is 14.9. The van der Waals surface area contributed by atoms with Gasteiger partial charge in [0.25, 0.3) is 0 Å². The predicted molar refractivity (Wildman–Crippen MR) is 139 cm³/mol. The van der Waals surface area contributed by atoms with E-state index in [0.29, 0.717) is 17.4 Å². The van der Waals surface area contributed by atoms with Gasteiger partial charge in [0.05, 0.1) is 17.3 Å². The Hall–Kier alpha value is -2.78. The quantitative estimate of drug-likeness (QED) is 0.194. The van der Waals surface area contributed by atoms with Crippen molar-refractivity contribution >= 4 is 17.0 Å². The van der Waals surface area contributed by atoms with Crippen LogP contribution in [-0.4, -0.2) is 17.7 Å². The molecule has 0 spiro atoms. The summed E-state index contributed by atoms with van der Waals surface area (Å²) in [5, 5.41) is 1.05. The number of benzene rings is 2. The number of rotatable bonds is 13. The summed E-state index contributed by atoms with van der Waals surface area (Å²) in [4.78, 5) is 4.68. The van der Waals surface area contributed by atoms with Gasteiger partial charge in [-0.2, -0.15) is 0 Å². The van der Waals surface area contributed by atoms with Gasteiger partial charge >= 0.3 is 0 Å². The standard InChI is InChI=1S/C30H36FNO/c1-4-6-10-20-33-23(3)12-8-7-9-13-25-14-17-27(28(31)22-25)30-19-16-26-21-24(11-5-2)15-18-29(26)32-30/h5,9,13-19,21-23H,2,4,6-8,10-12,20H2,1,3H3/b13-9+. The zero-order valence-corrected chi connectivity index (χ0v) is 20.0. The molecule has 2 nitrogen and oxygen atoms in total. The highest BCUT2D eigenvalue weighted by atomic mass is 19.1. The van der Waals surface area contributed by atoms with Crippen LogP contribution in [0.2, 0.25) is 0 Å². The maximum Gasteiger partial charge on any atom is 0.133 e. The van der Waals surface area contributed by atoms with Gasteiger partial charge in [0, 0.05) is 17.6 Å². The fourth-order valence-corrected chi connectivity index (χ4v) is 3.92. The molecule has 1 atom stereocenters. The molecule has 33 heavy (non-hydrogen) atoms. The first-order valence-electron chi connectivity index (χ1n) is 12.2. The van der Waals surface area contributed by atoms with Gasteiger partial charge in [-0.15, -0.1) is 6.58 Å². The minimum Gasteiger partial charge on any atom is -0.379 e. The molecule has 0 bridgehead atoms. The van der Waals surface area contributed by atoms with E-state index in [-0.39, 0.29) is 5.82 Å². The van der Waals surface area contributed by atoms with E-state index < -0.39 is 0 Å². The van der Waals surface area contributed by atoms with Crippen LogP contribution >= 0.6 is 0 Å². The molecule has 3 rings (SSSR count). The van der Waals surface area contributed by atoms with Gasteiger partial charge in [0.1, 0.15) is 5.82 Å². The summed E-state index contributed by atoms with van der Waals surface area (Å²) in [6.45, 7) is 9.00. The molecule has 1 heterocycles. The summed E-state index contributed by atoms with van der Waals surface area (Å²) < 4.78 is 20.7. The minimum atomic E-state index is -0.249. The number of pyridine rings is 1. The van der Waals surface area contributed by atoms with E-state index in [4.69, 9.17) is 4.74 Å². The van der Waals surface area contributed by atoms with Crippen LogP contribution in [0.25, 0.3) is 28.2 Å². The smallest absolute Gasteiger partial charge is 0.133 e. The Morgan fingerprint density at radius 1 is 1.06 bits per heavy atom. The molecule has 0 saturated carbocycles. The fraction of sp³-hybridized carbons (Fsp3) is 0.367. The summed E-state index contributed by atoms with van der Waals surface area (Å²) in [6.07, 6.45) is 13.8. The van der Waals surface area contributed by atoms with Crippen molar-refractivity contribution in [1.29, 1.82) is 0 Å². The van der Waals surface area contributed by atoms with Crippen LogP contribution in [0.5, 0.6) is 0 Å². The van der Waals surface area contributed by atoms with Gasteiger partial charge in [-0.05, 0) is 80.5 Å². The number of halogens is 1. The zero-order chi connectivity index (χ0) is 23.5. The molecule has 3 heteroatoms. The number of fused-ring (bicyclic) bond motifs is 1. The van der Waals surface area contributed by atoms with E-state index in [2.05, 4.69) is 37.6 Å². The van der Waals surface area contributed by atoms with Crippen LogP contribution in [0.1, 0.15) is 63.5 Å². The Kier molecular flexibility index (Phi) is 9.83. The molecule has 0 aliphatic carbocycles. The van der Waals surface area contributed by atoms with Gasteiger partial charge in [-0.3, -0.25) is 0 Å². The van der Waals surface area contributed by atoms with E-state index >= 15 is 0 Å². The highest BCUT2D eigenvalue weighted by molar-refractivity contribution is 5.82. The SMILES string of the molecule is C=CCc1ccc2nc(-c3ccc(/C=C/CCCC(C)OCCCCC)cc3F)ccc2c1. The van der Waals surface area contributed by atoms with Crippen LogP contribution in [-0.2, 0) is 11.2 Å². The third-order valence-corrected chi connectivity index (χ3v) is 5.84. The van der Waals surface area contributed by atoms with Gasteiger partial charge in [0.2, 0.25) is 0 Å². The Morgan fingerprint density at radius 3 is 2.73 bits per heavy atom. The van der Waals surface area contributed by atoms with Gasteiger partial charge < -0.3 is 4.74 Å². The van der Waals surface area contributed by atoms with Crippen molar-refractivity contribution in [3.8, 4) is 11.3 Å². The van der Waals surface area contributed by atoms with Crippen molar-refractivity contribution in [2.75, 3.05) is 6.61 Å². The second-order valence-corrected chi connectivity index (χ2v) is 8.68. The molecule has 1 unspecified atom stereocenters. The second-order valence-electron chi connectivity index (χ2n) is 8.68. The van der Waals surface area contributed by atoms with Crippen molar-refractivity contribution in [3.05, 3.63) is 84.2 Å². The van der Waals surface area contributed by atoms with Gasteiger partial charge in [-0.1, -0.05) is 56.2 Å². The Bertz CT molecular complexity index is 1070. The molecular weight excluding hydrogens is 409 g/mol. The summed E-state index contributed by atoms with van der Waals surface area (Å²) in [7, 11) is 0. The van der Waals surface area contributed by atoms with Gasteiger partial charge in [0.15, 0.2) is 0 Å². The van der Waals surface area contributed by atoms with Crippen molar-refractivity contribution < 1.29 is 9.13 Å². The van der Waals surface area contributed by atoms with Crippen LogP contribution in [0, 0.1) is 5.82 Å². The van der Waals surface area contributed by atoms with Crippen LogP contribution in [0.4, 0.5) is 4.39 Å². The lowest BCUT2D eigenvalue weighted by atomic mass is 10.0. The third-order valence-electron chi connectivity index (χ3n) is 5.84. The molecule has 0 amide bonds. The topological polar surface area (TPSA) is 22.1 Å². The molecule has 3 aromatic rings. The van der Waals surface area contributed by atoms with E-state index in [1.807, 2.05) is 48.6 Å². The summed E-state index contributed by atoms with van der Waals surface area (Å²) in [6, 6.07) is 15.4. The molecule has 0 radical (unpaired) electrons. The number of aromatic nitrogens is 1. The predicted octanol–water partition coefficient (Wildman–Crippen LogP) is 8.55. The lowest BCUT2D eigenvalue weighted by molar-refractivity contribution is 0.0566. The number of hydrogen-bond donors (Lipinski definition) is 0. The van der Waals surface area contributed by atoms with E-state index in [0.717, 1.165) is 55.2 Å². The van der Waals surface area contributed by atoms with Crippen LogP contribution in [0.3, 0.4) is 0 Å². The second kappa shape index (κ2) is 13.1. The summed E-state index contributed by atoms with van der Waals surface area (Å²) in [5.41, 5.74) is 4.11. The van der Waals surface area contributed by atoms with Crippen LogP contribution in [0.15, 0.2) is 67.3 Å². The molecule has 2 aromatic carbocycles. The van der Waals surface area contributed by atoms with Crippen molar-refractivity contribution in [2.45, 2.75) is 64.9 Å². The third kappa shape index (κ3) is 7.64. The van der Waals surface area contributed by atoms with E-state index in [1.165, 1.54) is 18.4 Å². The van der Waals surface area contributed by atoms with Crippen molar-refractivity contribution in [3.63, 3.8) is 0 Å². The molecule has 0 aliphatic rings. The van der Waals surface area contributed by atoms with Gasteiger partial charge in [-0.25, -0.2) is 9.37 Å². The maximum atomic E-state index is 14.9. The fourth-order valence-electron chi connectivity index (χ4n) is 3.92. The first kappa shape index (κ1) is 24.9. The van der Waals surface area contributed by atoms with E-state index in [1.54, 1.807) is 6.07 Å². The molecule has 0 aliphatic heterocycles. The molecule has 1 aromatic heterocycles. The minimum absolute atomic E-state index is 0.249. The number of ether oxygens (including phenoxy) is 1. The average Bonchev–Trinajstić information content (AvgIpc) is 2.82. The monoisotopic (exact) mass is 445 g/mol. The highest BCUT2D eigenvalue weighted by Gasteiger charge is 2.08. The highest BCUT2D eigenvalue weighted by Crippen LogP contribution is 2.25. The lowest BCUT2D eigenvalue weighted by Gasteiger charge is -2.12. The first-order valence-corrected chi connectivity index (χ1v) is 12.2. The number of nitrogens with zero attached hydrogens (tertiary/aromatic N) is 1. The summed E-state index contributed by atoms with van der Waals surface area (Å²) in [5.74, 6) is -0.249. The normalized spacial score (nSPS) is 12.5. The Labute approximate surface area is 198 Å². The Morgan fingerprint density at radius 2 is 1.94 bits per heavy atom. The number of hydrogen-bond acceptors (Lipinski definition) is 2. The lowest BCUT2D eigenvalue weighted by Crippen LogP contribution is -2.08. The molecule has 174 valence electrons. The molecule has 0 fully saturated rings. The number of unbranched alkanes of at least 4 members (excludes halogenated alkanes) is 3. The van der Waals surface area contributed by atoms with Crippen molar-refractivity contribution in [1.82, 2.24) is 4.98 Å². The largest absolute Gasteiger partial charge is 0.379 e. The zero-order valence-electron chi connectivity index (χ0n) is 20.0. The van der Waals surface area contributed by atoms with E-state index in [9.17, 15) is 4.39 Å². The van der Waals surface area contributed by atoms with Crippen LogP contribution < -0.4 is 0 Å². The first-order chi connectivity index (χ1) is 16.1. The number of allylic oxidation sites excluding steroid dienone is 2. The average molecular weight is 446 g/mol. The molecule has 0 N–H and O–H groups in total. The summed E-state index contributed by atoms with van der Waals surface area (Å²) >= 11 is 0. The van der Waals surface area contributed by atoms with Crippen molar-refractivity contribution in [2.24, 2.45) is 0 Å².